The zero-order chi connectivity index (χ0) is 18.2. The Morgan fingerprint density at radius 2 is 1.76 bits per heavy atom. The minimum atomic E-state index is -0.111. The van der Waals surface area contributed by atoms with Crippen LogP contribution in [0.2, 0.25) is 0 Å². The van der Waals surface area contributed by atoms with Gasteiger partial charge in [-0.25, -0.2) is 0 Å². The van der Waals surface area contributed by atoms with E-state index in [2.05, 4.69) is 10.6 Å². The molecule has 6 heteroatoms. The van der Waals surface area contributed by atoms with Crippen LogP contribution in [-0.2, 0) is 11.3 Å². The molecule has 0 saturated heterocycles. The zero-order valence-corrected chi connectivity index (χ0v) is 15.5. The van der Waals surface area contributed by atoms with Crippen molar-refractivity contribution in [1.29, 1.82) is 0 Å². The van der Waals surface area contributed by atoms with Gasteiger partial charge in [0.15, 0.2) is 5.11 Å². The molecule has 2 N–H and O–H groups in total. The number of carbonyl (C=O) groups is 1. The van der Waals surface area contributed by atoms with E-state index in [4.69, 9.17) is 17.0 Å². The van der Waals surface area contributed by atoms with Crippen LogP contribution in [0.5, 0.6) is 5.75 Å². The predicted octanol–water partition coefficient (Wildman–Crippen LogP) is 2.95. The summed E-state index contributed by atoms with van der Waals surface area (Å²) < 4.78 is 5.13. The lowest BCUT2D eigenvalue weighted by Crippen LogP contribution is -2.41. The van der Waals surface area contributed by atoms with E-state index in [1.807, 2.05) is 55.5 Å². The largest absolute Gasteiger partial charge is 0.497 e. The van der Waals surface area contributed by atoms with Crippen LogP contribution in [0.3, 0.4) is 0 Å². The number of thiocarbonyl (C=S) groups is 1. The first kappa shape index (κ1) is 18.7. The van der Waals surface area contributed by atoms with Gasteiger partial charge in [-0.15, -0.1) is 0 Å². The molecule has 1 amide bonds. The molecular weight excluding hydrogens is 334 g/mol. The maximum Gasteiger partial charge on any atom is 0.243 e. The zero-order valence-electron chi connectivity index (χ0n) is 14.7. The molecular formula is C19H23N3O2S. The third-order valence-corrected chi connectivity index (χ3v) is 4.12. The minimum Gasteiger partial charge on any atom is -0.497 e. The predicted molar refractivity (Wildman–Crippen MR) is 105 cm³/mol. The molecule has 0 atom stereocenters. The van der Waals surface area contributed by atoms with E-state index in [-0.39, 0.29) is 12.5 Å². The fourth-order valence-electron chi connectivity index (χ4n) is 2.18. The Labute approximate surface area is 154 Å². The van der Waals surface area contributed by atoms with E-state index in [0.717, 1.165) is 22.6 Å². The van der Waals surface area contributed by atoms with Crippen molar-refractivity contribution in [2.24, 2.45) is 0 Å². The number of carbonyl (C=O) groups excluding carboxylic acids is 1. The molecule has 2 aromatic carbocycles. The van der Waals surface area contributed by atoms with Crippen LogP contribution < -0.4 is 15.4 Å². The lowest BCUT2D eigenvalue weighted by molar-refractivity contribution is -0.116. The second-order valence-corrected chi connectivity index (χ2v) is 6.16. The second kappa shape index (κ2) is 9.03. The Hall–Kier alpha value is -2.60. The lowest BCUT2D eigenvalue weighted by atomic mass is 10.2. The number of aryl methyl sites for hydroxylation is 1. The summed E-state index contributed by atoms with van der Waals surface area (Å²) in [5.74, 6) is 0.705. The average Bonchev–Trinajstić information content (AvgIpc) is 2.62. The van der Waals surface area contributed by atoms with Gasteiger partial charge in [-0.1, -0.05) is 29.8 Å². The number of rotatable bonds is 6. The lowest BCUT2D eigenvalue weighted by Gasteiger charge is -2.20. The number of benzene rings is 2. The number of ether oxygens (including phenoxy) is 1. The van der Waals surface area contributed by atoms with Crippen LogP contribution in [0.15, 0.2) is 48.5 Å². The van der Waals surface area contributed by atoms with Crippen LogP contribution >= 0.6 is 12.2 Å². The molecule has 0 aliphatic carbocycles. The van der Waals surface area contributed by atoms with Gasteiger partial charge in [-0.2, -0.15) is 0 Å². The first-order chi connectivity index (χ1) is 12.0. The van der Waals surface area contributed by atoms with Gasteiger partial charge >= 0.3 is 0 Å². The Balaban J connectivity index is 1.78. The Morgan fingerprint density at radius 1 is 1.12 bits per heavy atom. The molecule has 25 heavy (non-hydrogen) atoms. The molecule has 0 unspecified atom stereocenters. The molecule has 0 bridgehead atoms. The number of hydrogen-bond donors (Lipinski definition) is 2. The molecule has 0 heterocycles. The Morgan fingerprint density at radius 3 is 2.36 bits per heavy atom. The number of hydrogen-bond acceptors (Lipinski definition) is 3. The van der Waals surface area contributed by atoms with E-state index in [1.54, 1.807) is 19.1 Å². The quantitative estimate of drug-likeness (QED) is 0.779. The number of amides is 1. The first-order valence-corrected chi connectivity index (χ1v) is 8.37. The number of nitrogens with zero attached hydrogens (tertiary/aromatic N) is 1. The highest BCUT2D eigenvalue weighted by Crippen LogP contribution is 2.11. The molecule has 132 valence electrons. The standard InChI is InChI=1S/C19H23N3O2S/c1-14-4-8-16(9-5-14)21-18(23)13-22(2)19(25)20-12-15-6-10-17(24-3)11-7-15/h4-11H,12-13H2,1-3H3,(H,20,25)(H,21,23). The fraction of sp³-hybridized carbons (Fsp3) is 0.263. The van der Waals surface area contributed by atoms with Crippen molar-refractivity contribution in [3.05, 3.63) is 59.7 Å². The van der Waals surface area contributed by atoms with Crippen LogP contribution in [0.4, 0.5) is 5.69 Å². The van der Waals surface area contributed by atoms with Gasteiger partial charge in [0.05, 0.1) is 13.7 Å². The summed E-state index contributed by atoms with van der Waals surface area (Å²) in [4.78, 5) is 13.8. The molecule has 5 nitrogen and oxygen atoms in total. The summed E-state index contributed by atoms with van der Waals surface area (Å²) in [7, 11) is 3.43. The number of nitrogens with one attached hydrogen (secondary N) is 2. The summed E-state index contributed by atoms with van der Waals surface area (Å²) in [6.45, 7) is 2.78. The van der Waals surface area contributed by atoms with E-state index in [0.29, 0.717) is 11.7 Å². The molecule has 0 aliphatic rings. The van der Waals surface area contributed by atoms with Gasteiger partial charge < -0.3 is 20.3 Å². The summed E-state index contributed by atoms with van der Waals surface area (Å²) >= 11 is 5.33. The number of anilines is 1. The summed E-state index contributed by atoms with van der Waals surface area (Å²) in [5, 5.41) is 6.53. The maximum absolute atomic E-state index is 12.1. The highest BCUT2D eigenvalue weighted by atomic mass is 32.1. The normalized spacial score (nSPS) is 10.0. The maximum atomic E-state index is 12.1. The third-order valence-electron chi connectivity index (χ3n) is 3.67. The molecule has 2 aromatic rings. The van der Waals surface area contributed by atoms with E-state index < -0.39 is 0 Å². The van der Waals surface area contributed by atoms with Gasteiger partial charge in [0, 0.05) is 19.3 Å². The third kappa shape index (κ3) is 6.08. The van der Waals surface area contributed by atoms with E-state index >= 15 is 0 Å². The molecule has 0 radical (unpaired) electrons. The SMILES string of the molecule is COc1ccc(CNC(=S)N(C)CC(=O)Nc2ccc(C)cc2)cc1. The Kier molecular flexibility index (Phi) is 6.77. The number of methoxy groups -OCH3 is 1. The molecule has 0 aromatic heterocycles. The number of likely N-dealkylation sites (N-methyl/N-ethyl adjacent to an activating group) is 1. The van der Waals surface area contributed by atoms with E-state index in [1.165, 1.54) is 0 Å². The van der Waals surface area contributed by atoms with Gasteiger partial charge in [-0.3, -0.25) is 4.79 Å². The van der Waals surface area contributed by atoms with Gasteiger partial charge in [0.1, 0.15) is 5.75 Å². The highest BCUT2D eigenvalue weighted by molar-refractivity contribution is 7.80. The van der Waals surface area contributed by atoms with Gasteiger partial charge in [0.25, 0.3) is 0 Å². The monoisotopic (exact) mass is 357 g/mol. The van der Waals surface area contributed by atoms with Crippen molar-refractivity contribution >= 4 is 28.9 Å². The van der Waals surface area contributed by atoms with Crippen molar-refractivity contribution in [2.75, 3.05) is 26.0 Å². The second-order valence-electron chi connectivity index (χ2n) is 5.78. The van der Waals surface area contributed by atoms with Crippen molar-refractivity contribution in [3.8, 4) is 5.75 Å². The highest BCUT2D eigenvalue weighted by Gasteiger charge is 2.10. The van der Waals surface area contributed by atoms with Crippen LogP contribution in [0.1, 0.15) is 11.1 Å². The van der Waals surface area contributed by atoms with Crippen LogP contribution in [-0.4, -0.2) is 36.6 Å². The average molecular weight is 357 g/mol. The van der Waals surface area contributed by atoms with E-state index in [9.17, 15) is 4.79 Å². The van der Waals surface area contributed by atoms with Gasteiger partial charge in [-0.05, 0) is 49.0 Å². The van der Waals surface area contributed by atoms with Crippen LogP contribution in [0.25, 0.3) is 0 Å². The summed E-state index contributed by atoms with van der Waals surface area (Å²) in [6, 6.07) is 15.4. The first-order valence-electron chi connectivity index (χ1n) is 7.96. The van der Waals surface area contributed by atoms with Crippen molar-refractivity contribution in [2.45, 2.75) is 13.5 Å². The van der Waals surface area contributed by atoms with Crippen molar-refractivity contribution in [1.82, 2.24) is 10.2 Å². The van der Waals surface area contributed by atoms with Crippen molar-refractivity contribution in [3.63, 3.8) is 0 Å². The van der Waals surface area contributed by atoms with Crippen molar-refractivity contribution < 1.29 is 9.53 Å². The fourth-order valence-corrected chi connectivity index (χ4v) is 2.32. The molecule has 2 rings (SSSR count). The Bertz CT molecular complexity index is 714. The molecule has 0 aliphatic heterocycles. The van der Waals surface area contributed by atoms with Gasteiger partial charge in [0.2, 0.25) is 5.91 Å². The minimum absolute atomic E-state index is 0.111. The topological polar surface area (TPSA) is 53.6 Å². The smallest absolute Gasteiger partial charge is 0.243 e. The summed E-state index contributed by atoms with van der Waals surface area (Å²) in [5.41, 5.74) is 3.01. The van der Waals surface area contributed by atoms with Crippen LogP contribution in [0, 0.1) is 6.92 Å². The summed E-state index contributed by atoms with van der Waals surface area (Å²) in [6.07, 6.45) is 0. The molecule has 0 fully saturated rings. The molecule has 0 spiro atoms. The molecule has 0 saturated carbocycles.